The highest BCUT2D eigenvalue weighted by Crippen LogP contribution is 2.33. The van der Waals surface area contributed by atoms with Crippen LogP contribution in [0.1, 0.15) is 18.4 Å². The molecule has 10 heteroatoms. The molecule has 1 N–H and O–H groups in total. The Kier molecular flexibility index (Phi) is 6.24. The number of non-ortho nitro benzene ring substituents is 1. The van der Waals surface area contributed by atoms with Crippen molar-refractivity contribution in [2.24, 2.45) is 0 Å². The van der Waals surface area contributed by atoms with E-state index in [-0.39, 0.29) is 24.2 Å². The minimum Gasteiger partial charge on any atom is -0.447 e. The van der Waals surface area contributed by atoms with Crippen LogP contribution < -0.4 is 10.2 Å². The van der Waals surface area contributed by atoms with E-state index in [1.807, 2.05) is 0 Å². The zero-order valence-corrected chi connectivity index (χ0v) is 17.5. The topological polar surface area (TPSA) is 87.9 Å². The second-order valence-electron chi connectivity index (χ2n) is 7.68. The van der Waals surface area contributed by atoms with Gasteiger partial charge in [-0.05, 0) is 43.1 Å². The second kappa shape index (κ2) is 9.07. The number of carbonyl (C=O) groups is 1. The van der Waals surface area contributed by atoms with Crippen molar-refractivity contribution in [1.29, 1.82) is 0 Å². The molecule has 2 aromatic carbocycles. The third kappa shape index (κ3) is 4.88. The van der Waals surface area contributed by atoms with Crippen LogP contribution in [0.4, 0.5) is 26.2 Å². The minimum atomic E-state index is -0.514. The molecule has 0 aromatic heterocycles. The van der Waals surface area contributed by atoms with Crippen LogP contribution in [0.25, 0.3) is 0 Å². The number of carbonyl (C=O) groups excluding carboxylic acids is 1. The van der Waals surface area contributed by atoms with Crippen molar-refractivity contribution < 1.29 is 18.8 Å². The van der Waals surface area contributed by atoms with Crippen molar-refractivity contribution in [2.45, 2.75) is 25.4 Å². The molecule has 2 heterocycles. The Morgan fingerprint density at radius 3 is 2.81 bits per heavy atom. The summed E-state index contributed by atoms with van der Waals surface area (Å²) < 4.78 is 18.3. The number of ether oxygens (including phenoxy) is 1. The van der Waals surface area contributed by atoms with Crippen LogP contribution in [-0.2, 0) is 11.3 Å². The molecule has 164 valence electrons. The van der Waals surface area contributed by atoms with Gasteiger partial charge in [0.25, 0.3) is 5.69 Å². The molecular formula is C21H22ClFN4O4. The molecule has 0 spiro atoms. The van der Waals surface area contributed by atoms with Crippen LogP contribution in [0.3, 0.4) is 0 Å². The van der Waals surface area contributed by atoms with Crippen LogP contribution in [0.2, 0.25) is 5.02 Å². The predicted molar refractivity (Wildman–Crippen MR) is 115 cm³/mol. The lowest BCUT2D eigenvalue weighted by Gasteiger charge is -2.34. The predicted octanol–water partition coefficient (Wildman–Crippen LogP) is 4.42. The molecular weight excluding hydrogens is 427 g/mol. The van der Waals surface area contributed by atoms with Gasteiger partial charge in [0, 0.05) is 36.3 Å². The summed E-state index contributed by atoms with van der Waals surface area (Å²) in [4.78, 5) is 26.5. The summed E-state index contributed by atoms with van der Waals surface area (Å²) in [6.07, 6.45) is 1.35. The van der Waals surface area contributed by atoms with Crippen LogP contribution >= 0.6 is 11.6 Å². The number of hydrogen-bond donors (Lipinski definition) is 1. The second-order valence-corrected chi connectivity index (χ2v) is 8.09. The van der Waals surface area contributed by atoms with Crippen LogP contribution in [0, 0.1) is 15.9 Å². The van der Waals surface area contributed by atoms with Gasteiger partial charge >= 0.3 is 6.09 Å². The summed E-state index contributed by atoms with van der Waals surface area (Å²) in [5.74, 6) is -0.363. The number of nitrogens with zero attached hydrogens (tertiary/aromatic N) is 3. The van der Waals surface area contributed by atoms with Crippen molar-refractivity contribution in [3.8, 4) is 0 Å². The molecule has 8 nitrogen and oxygen atoms in total. The number of nitrogens with one attached hydrogen (secondary N) is 1. The van der Waals surface area contributed by atoms with Crippen molar-refractivity contribution in [2.75, 3.05) is 36.5 Å². The Morgan fingerprint density at radius 2 is 2.10 bits per heavy atom. The maximum atomic E-state index is 13.3. The number of halogens is 2. The summed E-state index contributed by atoms with van der Waals surface area (Å²) in [5, 5.41) is 15.1. The standard InChI is InChI=1S/C21H22ClFN4O4/c22-18-10-15(23)4-3-14(18)12-25-7-1-2-16(13-25)24-19-6-5-17(27(29)30)11-20(19)26-8-9-31-21(26)28/h3-6,10-11,16,24H,1-2,7-9,12-13H2. The van der Waals surface area contributed by atoms with E-state index in [0.29, 0.717) is 36.0 Å². The average molecular weight is 449 g/mol. The van der Waals surface area contributed by atoms with E-state index in [4.69, 9.17) is 16.3 Å². The molecule has 1 amide bonds. The molecule has 1 atom stereocenters. The van der Waals surface area contributed by atoms with Crippen LogP contribution in [-0.4, -0.2) is 48.2 Å². The van der Waals surface area contributed by atoms with Gasteiger partial charge in [-0.15, -0.1) is 0 Å². The lowest BCUT2D eigenvalue weighted by Crippen LogP contribution is -2.42. The highest BCUT2D eigenvalue weighted by Gasteiger charge is 2.29. The molecule has 2 aliphatic heterocycles. The zero-order valence-electron chi connectivity index (χ0n) is 16.7. The number of benzene rings is 2. The van der Waals surface area contributed by atoms with Crippen LogP contribution in [0.5, 0.6) is 0 Å². The van der Waals surface area contributed by atoms with Gasteiger partial charge < -0.3 is 10.1 Å². The first kappa shape index (κ1) is 21.3. The van der Waals surface area contributed by atoms with Crippen molar-refractivity contribution in [3.63, 3.8) is 0 Å². The number of hydrogen-bond acceptors (Lipinski definition) is 6. The molecule has 2 aromatic rings. The van der Waals surface area contributed by atoms with Crippen molar-refractivity contribution >= 4 is 34.8 Å². The zero-order chi connectivity index (χ0) is 22.0. The largest absolute Gasteiger partial charge is 0.447 e. The van der Waals surface area contributed by atoms with Crippen molar-refractivity contribution in [3.05, 3.63) is 62.9 Å². The summed E-state index contributed by atoms with van der Waals surface area (Å²) in [6.45, 7) is 2.79. The molecule has 2 fully saturated rings. The van der Waals surface area contributed by atoms with E-state index in [9.17, 15) is 19.3 Å². The van der Waals surface area contributed by atoms with Gasteiger partial charge in [0.1, 0.15) is 12.4 Å². The van der Waals surface area contributed by atoms with E-state index < -0.39 is 11.0 Å². The molecule has 0 saturated carbocycles. The van der Waals surface area contributed by atoms with Gasteiger partial charge in [-0.2, -0.15) is 0 Å². The fourth-order valence-corrected chi connectivity index (χ4v) is 4.25. The summed E-state index contributed by atoms with van der Waals surface area (Å²) in [5.41, 5.74) is 1.86. The smallest absolute Gasteiger partial charge is 0.414 e. The van der Waals surface area contributed by atoms with E-state index in [2.05, 4.69) is 10.2 Å². The number of rotatable bonds is 6. The Morgan fingerprint density at radius 1 is 1.26 bits per heavy atom. The Hall–Kier alpha value is -2.91. The van der Waals surface area contributed by atoms with Gasteiger partial charge in [-0.25, -0.2) is 9.18 Å². The SMILES string of the molecule is O=C1OCCN1c1cc([N+](=O)[O-])ccc1NC1CCCN(Cc2ccc(F)cc2Cl)C1. The average Bonchev–Trinajstić information content (AvgIpc) is 3.16. The minimum absolute atomic E-state index is 0.0757. The third-order valence-corrected chi connectivity index (χ3v) is 5.87. The fourth-order valence-electron chi connectivity index (χ4n) is 4.02. The van der Waals surface area contributed by atoms with Gasteiger partial charge in [0.2, 0.25) is 0 Å². The molecule has 0 radical (unpaired) electrons. The number of likely N-dealkylation sites (tertiary alicyclic amines) is 1. The summed E-state index contributed by atoms with van der Waals surface area (Å²) in [6, 6.07) is 8.94. The number of piperidine rings is 1. The Bertz CT molecular complexity index is 1010. The first-order chi connectivity index (χ1) is 14.9. The monoisotopic (exact) mass is 448 g/mol. The lowest BCUT2D eigenvalue weighted by atomic mass is 10.0. The molecule has 0 bridgehead atoms. The lowest BCUT2D eigenvalue weighted by molar-refractivity contribution is -0.384. The molecule has 2 saturated heterocycles. The highest BCUT2D eigenvalue weighted by molar-refractivity contribution is 6.31. The van der Waals surface area contributed by atoms with E-state index in [1.165, 1.54) is 29.2 Å². The van der Waals surface area contributed by atoms with Gasteiger partial charge in [0.05, 0.1) is 22.8 Å². The molecule has 4 rings (SSSR count). The van der Waals surface area contributed by atoms with E-state index in [0.717, 1.165) is 24.9 Å². The fraction of sp³-hybridized carbons (Fsp3) is 0.381. The Labute approximate surface area is 183 Å². The first-order valence-electron chi connectivity index (χ1n) is 10.1. The maximum Gasteiger partial charge on any atom is 0.414 e. The van der Waals surface area contributed by atoms with Gasteiger partial charge in [-0.3, -0.25) is 19.9 Å². The van der Waals surface area contributed by atoms with Gasteiger partial charge in [0.15, 0.2) is 0 Å². The maximum absolute atomic E-state index is 13.3. The third-order valence-electron chi connectivity index (χ3n) is 5.52. The molecule has 2 aliphatic rings. The van der Waals surface area contributed by atoms with E-state index >= 15 is 0 Å². The summed E-state index contributed by atoms with van der Waals surface area (Å²) >= 11 is 6.18. The molecule has 31 heavy (non-hydrogen) atoms. The number of nitro benzene ring substituents is 1. The number of amides is 1. The van der Waals surface area contributed by atoms with Gasteiger partial charge in [-0.1, -0.05) is 17.7 Å². The van der Waals surface area contributed by atoms with Crippen molar-refractivity contribution in [1.82, 2.24) is 4.90 Å². The number of anilines is 2. The normalized spacial score (nSPS) is 19.4. The molecule has 1 unspecified atom stereocenters. The Balaban J connectivity index is 1.50. The number of cyclic esters (lactones) is 1. The molecule has 0 aliphatic carbocycles. The number of nitro groups is 1. The first-order valence-corrected chi connectivity index (χ1v) is 10.4. The van der Waals surface area contributed by atoms with E-state index in [1.54, 1.807) is 12.1 Å². The highest BCUT2D eigenvalue weighted by atomic mass is 35.5. The summed E-state index contributed by atoms with van der Waals surface area (Å²) in [7, 11) is 0. The quantitative estimate of drug-likeness (QED) is 0.520. The van der Waals surface area contributed by atoms with Crippen LogP contribution in [0.15, 0.2) is 36.4 Å².